The maximum absolute atomic E-state index is 10.6. The average Bonchev–Trinajstić information content (AvgIpc) is 2.78. The number of aldehydes is 1. The minimum atomic E-state index is 0.159. The number of nitrogens with zero attached hydrogens (tertiary/aromatic N) is 1. The predicted molar refractivity (Wildman–Crippen MR) is 63.3 cm³/mol. The summed E-state index contributed by atoms with van der Waals surface area (Å²) in [6.07, 6.45) is 0.947. The summed E-state index contributed by atoms with van der Waals surface area (Å²) in [6.45, 7) is 0. The summed E-state index contributed by atoms with van der Waals surface area (Å²) in [5, 5.41) is 0. The second kappa shape index (κ2) is 4.47. The van der Waals surface area contributed by atoms with Gasteiger partial charge in [0.05, 0.1) is 0 Å². The second-order valence-corrected chi connectivity index (χ2v) is 5.48. The van der Waals surface area contributed by atoms with E-state index in [1.165, 1.54) is 4.56 Å². The van der Waals surface area contributed by atoms with Crippen molar-refractivity contribution in [2.45, 2.75) is 0 Å². The molecule has 3 heteroatoms. The van der Waals surface area contributed by atoms with Gasteiger partial charge in [0.15, 0.2) is 0 Å². The quantitative estimate of drug-likeness (QED) is 0.626. The van der Waals surface area contributed by atoms with Gasteiger partial charge in [-0.1, -0.05) is 0 Å². The zero-order valence-corrected chi connectivity index (χ0v) is 10.1. The number of para-hydroxylation sites is 1. The molecule has 2 nitrogen and oxygen atoms in total. The van der Waals surface area contributed by atoms with Gasteiger partial charge in [0.1, 0.15) is 0 Å². The van der Waals surface area contributed by atoms with Gasteiger partial charge in [-0.05, 0) is 0 Å². The predicted octanol–water partition coefficient (Wildman–Crippen LogP) is 2.32. The number of rotatable bonds is 3. The molecule has 0 aliphatic carbocycles. The molecular formula is C12H11NOSe. The molecule has 2 aromatic rings. The molecule has 0 aliphatic rings. The van der Waals surface area contributed by atoms with Crippen LogP contribution in [0, 0.1) is 0 Å². The van der Waals surface area contributed by atoms with Gasteiger partial charge in [0.2, 0.25) is 0 Å². The topological polar surface area (TPSA) is 20.3 Å². The molecule has 0 radical (unpaired) electrons. The molecule has 2 rings (SSSR count). The van der Waals surface area contributed by atoms with E-state index in [4.69, 9.17) is 0 Å². The van der Waals surface area contributed by atoms with Gasteiger partial charge < -0.3 is 0 Å². The van der Waals surface area contributed by atoms with E-state index in [-0.39, 0.29) is 14.5 Å². The van der Waals surface area contributed by atoms with Crippen LogP contribution in [0.3, 0.4) is 0 Å². The summed E-state index contributed by atoms with van der Waals surface area (Å²) in [4.78, 5) is 12.7. The van der Waals surface area contributed by atoms with Crippen LogP contribution in [0.5, 0.6) is 0 Å². The van der Waals surface area contributed by atoms with Crippen molar-refractivity contribution in [2.24, 2.45) is 0 Å². The average molecular weight is 264 g/mol. The molecule has 0 atom stereocenters. The van der Waals surface area contributed by atoms with E-state index in [9.17, 15) is 4.79 Å². The molecule has 0 N–H and O–H groups in total. The van der Waals surface area contributed by atoms with Gasteiger partial charge in [0, 0.05) is 0 Å². The molecule has 0 saturated carbocycles. The summed E-state index contributed by atoms with van der Waals surface area (Å²) in [5.74, 6) is 0. The van der Waals surface area contributed by atoms with Gasteiger partial charge in [-0.3, -0.25) is 0 Å². The first-order chi connectivity index (χ1) is 7.31. The first-order valence-electron chi connectivity index (χ1n) is 4.65. The number of hydrogen-bond donors (Lipinski definition) is 0. The van der Waals surface area contributed by atoms with E-state index < -0.39 is 0 Å². The van der Waals surface area contributed by atoms with Crippen LogP contribution in [0.2, 0.25) is 0 Å². The molecule has 0 unspecified atom stereocenters. The molecule has 0 saturated heterocycles. The third-order valence-corrected chi connectivity index (χ3v) is 4.48. The first kappa shape index (κ1) is 10.2. The van der Waals surface area contributed by atoms with E-state index in [0.29, 0.717) is 0 Å². The second-order valence-electron chi connectivity index (χ2n) is 3.19. The summed E-state index contributed by atoms with van der Waals surface area (Å²) < 4.78 is 2.12. The third-order valence-electron chi connectivity index (χ3n) is 2.20. The molecule has 1 aromatic carbocycles. The molecule has 15 heavy (non-hydrogen) atoms. The molecule has 1 aromatic heterocycles. The van der Waals surface area contributed by atoms with Crippen LogP contribution in [-0.2, 0) is 0 Å². The van der Waals surface area contributed by atoms with Crippen molar-refractivity contribution < 1.29 is 4.79 Å². The Balaban J connectivity index is 2.28. The summed E-state index contributed by atoms with van der Waals surface area (Å²) in [5.41, 5.74) is 1.16. The Morgan fingerprint density at radius 2 is 1.87 bits per heavy atom. The Hall–Kier alpha value is -1.31. The number of benzene rings is 1. The molecular weight excluding hydrogens is 253 g/mol. The Kier molecular flexibility index (Phi) is 3.05. The third kappa shape index (κ3) is 2.20. The fourth-order valence-corrected chi connectivity index (χ4v) is 3.05. The van der Waals surface area contributed by atoms with Crippen LogP contribution in [0.4, 0.5) is 10.2 Å². The standard InChI is InChI=1S/C12H11NOSe/c1-13(10-5-3-2-4-6-10)12-8-7-11(9-14)15-12/h2-9H,1H3. The van der Waals surface area contributed by atoms with Gasteiger partial charge in [-0.15, -0.1) is 0 Å². The summed E-state index contributed by atoms with van der Waals surface area (Å²) >= 11 is 0.159. The van der Waals surface area contributed by atoms with Crippen LogP contribution in [0.1, 0.15) is 9.23 Å². The molecule has 1 heterocycles. The Labute approximate surface area is 94.9 Å². The molecule has 76 valence electrons. The van der Waals surface area contributed by atoms with Crippen molar-refractivity contribution in [3.05, 3.63) is 46.9 Å². The molecule has 0 fully saturated rings. The summed E-state index contributed by atoms with van der Waals surface area (Å²) in [7, 11) is 2.03. The Morgan fingerprint density at radius 1 is 1.13 bits per heavy atom. The maximum atomic E-state index is 10.6. The zero-order chi connectivity index (χ0) is 10.7. The van der Waals surface area contributed by atoms with Gasteiger partial charge in [-0.2, -0.15) is 0 Å². The van der Waals surface area contributed by atoms with Gasteiger partial charge in [0.25, 0.3) is 0 Å². The van der Waals surface area contributed by atoms with Crippen molar-refractivity contribution in [3.63, 3.8) is 0 Å². The van der Waals surface area contributed by atoms with E-state index >= 15 is 0 Å². The van der Waals surface area contributed by atoms with Crippen LogP contribution < -0.4 is 4.90 Å². The normalized spacial score (nSPS) is 9.93. The van der Waals surface area contributed by atoms with E-state index in [0.717, 1.165) is 16.4 Å². The zero-order valence-electron chi connectivity index (χ0n) is 8.38. The monoisotopic (exact) mass is 265 g/mol. The van der Waals surface area contributed by atoms with Crippen molar-refractivity contribution in [1.29, 1.82) is 0 Å². The van der Waals surface area contributed by atoms with Gasteiger partial charge in [-0.25, -0.2) is 0 Å². The van der Waals surface area contributed by atoms with Crippen molar-refractivity contribution in [1.82, 2.24) is 0 Å². The van der Waals surface area contributed by atoms with Crippen LogP contribution in [0.15, 0.2) is 42.5 Å². The van der Waals surface area contributed by atoms with E-state index in [2.05, 4.69) is 17.0 Å². The van der Waals surface area contributed by atoms with E-state index in [1.54, 1.807) is 0 Å². The molecule has 0 aliphatic heterocycles. The fourth-order valence-electron chi connectivity index (χ4n) is 1.36. The Morgan fingerprint density at radius 3 is 2.47 bits per heavy atom. The minimum absolute atomic E-state index is 0.159. The van der Waals surface area contributed by atoms with Crippen molar-refractivity contribution in [3.8, 4) is 0 Å². The number of hydrogen-bond acceptors (Lipinski definition) is 2. The number of anilines is 2. The van der Waals surface area contributed by atoms with Crippen LogP contribution in [0.25, 0.3) is 0 Å². The van der Waals surface area contributed by atoms with E-state index in [1.807, 2.05) is 37.4 Å². The number of carbonyl (C=O) groups is 1. The number of carbonyl (C=O) groups excluding carboxylic acids is 1. The van der Waals surface area contributed by atoms with Crippen LogP contribution >= 0.6 is 0 Å². The first-order valence-corrected chi connectivity index (χ1v) is 6.36. The van der Waals surface area contributed by atoms with Gasteiger partial charge >= 0.3 is 94.7 Å². The molecule has 0 bridgehead atoms. The van der Waals surface area contributed by atoms with Crippen molar-refractivity contribution >= 4 is 31.0 Å². The molecule has 0 amide bonds. The van der Waals surface area contributed by atoms with Crippen LogP contribution in [-0.4, -0.2) is 27.8 Å². The fraction of sp³-hybridized carbons (Fsp3) is 0.0833. The SMILES string of the molecule is CN(c1ccccc1)c1ccc(C=O)[se]1. The molecule has 0 spiro atoms. The summed E-state index contributed by atoms with van der Waals surface area (Å²) in [6, 6.07) is 14.1. The Bertz CT molecular complexity index is 450. The van der Waals surface area contributed by atoms with Crippen molar-refractivity contribution in [2.75, 3.05) is 11.9 Å².